The number of hydrogen-bond donors (Lipinski definition) is 1. The van der Waals surface area contributed by atoms with Crippen molar-refractivity contribution in [3.05, 3.63) is 84.4 Å². The van der Waals surface area contributed by atoms with Gasteiger partial charge in [0.15, 0.2) is 5.82 Å². The van der Waals surface area contributed by atoms with Crippen LogP contribution in [0.15, 0.2) is 73.2 Å². The normalized spacial score (nSPS) is 16.2. The van der Waals surface area contributed by atoms with Crippen molar-refractivity contribution in [3.63, 3.8) is 0 Å². The molecule has 186 valence electrons. The molecule has 1 aromatic carbocycles. The van der Waals surface area contributed by atoms with E-state index in [0.717, 1.165) is 64.4 Å². The number of hydrogen-bond acceptors (Lipinski definition) is 6. The Balaban J connectivity index is 1.29. The lowest BCUT2D eigenvalue weighted by atomic mass is 10.0. The molecule has 1 atom stereocenters. The zero-order valence-electron chi connectivity index (χ0n) is 21.5. The van der Waals surface area contributed by atoms with E-state index in [1.165, 1.54) is 12.0 Å². The van der Waals surface area contributed by atoms with Gasteiger partial charge >= 0.3 is 0 Å². The van der Waals surface area contributed by atoms with Gasteiger partial charge in [-0.3, -0.25) is 9.88 Å². The number of likely N-dealkylation sites (N-methyl/N-ethyl adjacent to an activating group) is 1. The van der Waals surface area contributed by atoms with Crippen molar-refractivity contribution in [1.82, 2.24) is 34.7 Å². The molecule has 6 rings (SSSR count). The van der Waals surface area contributed by atoms with Gasteiger partial charge in [-0.15, -0.1) is 0 Å². The van der Waals surface area contributed by atoms with E-state index in [2.05, 4.69) is 69.2 Å². The highest BCUT2D eigenvalue weighted by Gasteiger charge is 2.23. The van der Waals surface area contributed by atoms with Gasteiger partial charge in [0.2, 0.25) is 0 Å². The van der Waals surface area contributed by atoms with E-state index in [9.17, 15) is 0 Å². The van der Waals surface area contributed by atoms with Gasteiger partial charge in [0.1, 0.15) is 11.3 Å². The van der Waals surface area contributed by atoms with Crippen LogP contribution in [0.4, 0.5) is 0 Å². The molecule has 1 N–H and O–H groups in total. The largest absolute Gasteiger partial charge is 0.346 e. The Morgan fingerprint density at radius 1 is 0.946 bits per heavy atom. The van der Waals surface area contributed by atoms with Crippen LogP contribution in [-0.2, 0) is 6.54 Å². The standard InChI is InChI=1S/C30H31N7/c1-20-5-4-6-27(33-20)30-34-28(26-11-13-32-29(26)35-30)24-15-23(16-31-17-24)22-9-7-21(8-10-22)18-37-14-12-25(19-37)36(2)3/h4-11,13,15-17,25H,12,14,18-19H2,1-3H3,(H,32,34,35). The molecule has 0 radical (unpaired) electrons. The van der Waals surface area contributed by atoms with Crippen molar-refractivity contribution in [3.8, 4) is 33.9 Å². The smallest absolute Gasteiger partial charge is 0.180 e. The Morgan fingerprint density at radius 3 is 2.57 bits per heavy atom. The van der Waals surface area contributed by atoms with Crippen molar-refractivity contribution in [2.45, 2.75) is 25.9 Å². The third-order valence-electron chi connectivity index (χ3n) is 7.22. The third-order valence-corrected chi connectivity index (χ3v) is 7.22. The van der Waals surface area contributed by atoms with Gasteiger partial charge in [0, 0.05) is 66.5 Å². The van der Waals surface area contributed by atoms with Crippen LogP contribution in [-0.4, -0.2) is 67.9 Å². The second-order valence-corrected chi connectivity index (χ2v) is 10.1. The molecule has 1 saturated heterocycles. The number of aryl methyl sites for hydroxylation is 1. The molecule has 0 aliphatic carbocycles. The zero-order chi connectivity index (χ0) is 25.4. The zero-order valence-corrected chi connectivity index (χ0v) is 21.5. The first-order valence-electron chi connectivity index (χ1n) is 12.8. The molecule has 0 bridgehead atoms. The number of nitrogens with one attached hydrogen (secondary N) is 1. The molecule has 7 nitrogen and oxygen atoms in total. The van der Waals surface area contributed by atoms with E-state index in [4.69, 9.17) is 9.97 Å². The van der Waals surface area contributed by atoms with Crippen LogP contribution < -0.4 is 0 Å². The molecule has 7 heteroatoms. The summed E-state index contributed by atoms with van der Waals surface area (Å²) in [6, 6.07) is 19.6. The number of likely N-dealkylation sites (tertiary alicyclic amines) is 1. The topological polar surface area (TPSA) is 73.8 Å². The summed E-state index contributed by atoms with van der Waals surface area (Å²) in [6.07, 6.45) is 6.92. The first-order valence-corrected chi connectivity index (χ1v) is 12.8. The van der Waals surface area contributed by atoms with E-state index in [1.807, 2.05) is 49.8 Å². The van der Waals surface area contributed by atoms with Crippen LogP contribution in [0.1, 0.15) is 17.7 Å². The number of H-pyrrole nitrogens is 1. The maximum absolute atomic E-state index is 4.94. The van der Waals surface area contributed by atoms with Crippen LogP contribution in [0.25, 0.3) is 44.9 Å². The monoisotopic (exact) mass is 489 g/mol. The molecule has 0 spiro atoms. The first kappa shape index (κ1) is 23.5. The molecular formula is C30H31N7. The van der Waals surface area contributed by atoms with E-state index in [0.29, 0.717) is 11.9 Å². The summed E-state index contributed by atoms with van der Waals surface area (Å²) in [5.41, 5.74) is 7.83. The van der Waals surface area contributed by atoms with Gasteiger partial charge < -0.3 is 9.88 Å². The lowest BCUT2D eigenvalue weighted by Gasteiger charge is -2.20. The lowest BCUT2D eigenvalue weighted by molar-refractivity contribution is 0.264. The molecule has 1 aliphatic heterocycles. The predicted octanol–water partition coefficient (Wildman–Crippen LogP) is 5.19. The second-order valence-electron chi connectivity index (χ2n) is 10.1. The van der Waals surface area contributed by atoms with Crippen LogP contribution in [0.2, 0.25) is 0 Å². The number of nitrogens with zero attached hydrogens (tertiary/aromatic N) is 6. The first-order chi connectivity index (χ1) is 18.0. The van der Waals surface area contributed by atoms with Crippen LogP contribution in [0, 0.1) is 6.92 Å². The highest BCUT2D eigenvalue weighted by Crippen LogP contribution is 2.31. The van der Waals surface area contributed by atoms with E-state index in [-0.39, 0.29) is 0 Å². The molecule has 37 heavy (non-hydrogen) atoms. The number of rotatable bonds is 6. The molecule has 0 amide bonds. The third kappa shape index (κ3) is 4.88. The Hall–Kier alpha value is -3.94. The summed E-state index contributed by atoms with van der Waals surface area (Å²) in [7, 11) is 4.35. The fourth-order valence-electron chi connectivity index (χ4n) is 5.11. The number of aromatic amines is 1. The van der Waals surface area contributed by atoms with Crippen LogP contribution >= 0.6 is 0 Å². The number of fused-ring (bicyclic) bond motifs is 1. The highest BCUT2D eigenvalue weighted by molar-refractivity contribution is 5.92. The molecule has 4 aromatic heterocycles. The van der Waals surface area contributed by atoms with Gasteiger partial charge in [-0.1, -0.05) is 30.3 Å². The number of pyridine rings is 2. The Bertz CT molecular complexity index is 1540. The minimum Gasteiger partial charge on any atom is -0.346 e. The van der Waals surface area contributed by atoms with Gasteiger partial charge in [-0.05, 0) is 62.8 Å². The van der Waals surface area contributed by atoms with Gasteiger partial charge in [-0.25, -0.2) is 15.0 Å². The molecular weight excluding hydrogens is 458 g/mol. The fourth-order valence-corrected chi connectivity index (χ4v) is 5.11. The van der Waals surface area contributed by atoms with E-state index >= 15 is 0 Å². The maximum Gasteiger partial charge on any atom is 0.180 e. The van der Waals surface area contributed by atoms with Crippen molar-refractivity contribution in [2.75, 3.05) is 27.2 Å². The Kier molecular flexibility index (Phi) is 6.24. The molecule has 0 saturated carbocycles. The van der Waals surface area contributed by atoms with Crippen molar-refractivity contribution >= 4 is 11.0 Å². The summed E-state index contributed by atoms with van der Waals surface area (Å²) in [5, 5.41) is 0.965. The summed E-state index contributed by atoms with van der Waals surface area (Å²) in [4.78, 5) is 27.0. The minimum atomic E-state index is 0.599. The molecule has 1 unspecified atom stereocenters. The maximum atomic E-state index is 4.94. The molecule has 1 aliphatic rings. The van der Waals surface area contributed by atoms with Gasteiger partial charge in [0.25, 0.3) is 0 Å². The lowest BCUT2D eigenvalue weighted by Crippen LogP contribution is -2.31. The van der Waals surface area contributed by atoms with Crippen molar-refractivity contribution in [1.29, 1.82) is 0 Å². The number of aromatic nitrogens is 5. The quantitative estimate of drug-likeness (QED) is 0.354. The van der Waals surface area contributed by atoms with Crippen molar-refractivity contribution < 1.29 is 0 Å². The van der Waals surface area contributed by atoms with Crippen molar-refractivity contribution in [2.24, 2.45) is 0 Å². The predicted molar refractivity (Wildman–Crippen MR) is 148 cm³/mol. The summed E-state index contributed by atoms with van der Waals surface area (Å²) in [5.74, 6) is 0.599. The number of benzene rings is 1. The second kappa shape index (κ2) is 9.84. The Morgan fingerprint density at radius 2 is 1.78 bits per heavy atom. The fraction of sp³-hybridized carbons (Fsp3) is 0.267. The Labute approximate surface area is 217 Å². The van der Waals surface area contributed by atoms with E-state index in [1.54, 1.807) is 0 Å². The average molecular weight is 490 g/mol. The molecule has 5 aromatic rings. The highest BCUT2D eigenvalue weighted by atomic mass is 15.2. The molecule has 1 fully saturated rings. The van der Waals surface area contributed by atoms with E-state index < -0.39 is 0 Å². The van der Waals surface area contributed by atoms with Gasteiger partial charge in [-0.2, -0.15) is 0 Å². The van der Waals surface area contributed by atoms with Crippen LogP contribution in [0.5, 0.6) is 0 Å². The average Bonchev–Trinajstić information content (AvgIpc) is 3.58. The van der Waals surface area contributed by atoms with Crippen LogP contribution in [0.3, 0.4) is 0 Å². The SMILES string of the molecule is Cc1cccc(-c2nc(-c3cncc(-c4ccc(CN5CCC(N(C)C)C5)cc4)c3)c3cc[nH]c3n2)n1. The minimum absolute atomic E-state index is 0.599. The summed E-state index contributed by atoms with van der Waals surface area (Å²) >= 11 is 0. The molecule has 5 heterocycles. The summed E-state index contributed by atoms with van der Waals surface area (Å²) < 4.78 is 0. The summed E-state index contributed by atoms with van der Waals surface area (Å²) in [6.45, 7) is 5.25. The van der Waals surface area contributed by atoms with Gasteiger partial charge in [0.05, 0.1) is 5.69 Å².